The zero-order valence-electron chi connectivity index (χ0n) is 16.0. The van der Waals surface area contributed by atoms with E-state index < -0.39 is 0 Å². The highest BCUT2D eigenvalue weighted by atomic mass is 35.5. The molecule has 6 heteroatoms. The monoisotopic (exact) mass is 413 g/mol. The lowest BCUT2D eigenvalue weighted by Crippen LogP contribution is -2.13. The predicted molar refractivity (Wildman–Crippen MR) is 117 cm³/mol. The molecule has 0 unspecified atom stereocenters. The average Bonchev–Trinajstić information content (AvgIpc) is 2.65. The normalized spacial score (nSPS) is 11.2. The minimum atomic E-state index is 0.226. The first-order valence-corrected chi connectivity index (χ1v) is 9.56. The molecule has 1 aromatic carbocycles. The highest BCUT2D eigenvalue weighted by Crippen LogP contribution is 2.35. The average molecular weight is 414 g/mol. The number of ether oxygens (including phenoxy) is 1. The fourth-order valence-electron chi connectivity index (χ4n) is 2.93. The molecule has 2 heterocycles. The third-order valence-corrected chi connectivity index (χ3v) is 4.85. The van der Waals surface area contributed by atoms with E-state index in [-0.39, 0.29) is 6.61 Å². The second kappa shape index (κ2) is 8.63. The molecule has 0 aliphatic heterocycles. The molecule has 3 rings (SSSR count). The van der Waals surface area contributed by atoms with Crippen molar-refractivity contribution in [2.75, 3.05) is 4.90 Å². The van der Waals surface area contributed by atoms with Gasteiger partial charge in [0.25, 0.3) is 0 Å². The van der Waals surface area contributed by atoms with Crippen LogP contribution in [0, 0.1) is 6.92 Å². The van der Waals surface area contributed by atoms with Gasteiger partial charge in [0.05, 0.1) is 15.7 Å². The fourth-order valence-corrected chi connectivity index (χ4v) is 3.41. The third-order valence-electron chi connectivity index (χ3n) is 4.20. The first kappa shape index (κ1) is 20.2. The van der Waals surface area contributed by atoms with Crippen LogP contribution in [-0.4, -0.2) is 9.97 Å². The molecule has 0 saturated carbocycles. The summed E-state index contributed by atoms with van der Waals surface area (Å²) >= 11 is 12.4. The Kier molecular flexibility index (Phi) is 6.22. The van der Waals surface area contributed by atoms with Gasteiger partial charge in [-0.05, 0) is 32.9 Å². The van der Waals surface area contributed by atoms with Gasteiger partial charge in [-0.15, -0.1) is 0 Å². The van der Waals surface area contributed by atoms with Crippen molar-refractivity contribution in [2.45, 2.75) is 27.4 Å². The largest absolute Gasteiger partial charge is 0.487 e. The van der Waals surface area contributed by atoms with Crippen molar-refractivity contribution in [2.24, 2.45) is 0 Å². The van der Waals surface area contributed by atoms with Crippen LogP contribution in [0.1, 0.15) is 25.1 Å². The summed E-state index contributed by atoms with van der Waals surface area (Å²) in [5.74, 6) is 0.661. The topological polar surface area (TPSA) is 38.2 Å². The summed E-state index contributed by atoms with van der Waals surface area (Å²) in [6.07, 6.45) is 7.07. The maximum absolute atomic E-state index is 6.21. The Morgan fingerprint density at radius 1 is 1.25 bits per heavy atom. The first-order valence-electron chi connectivity index (χ1n) is 8.81. The van der Waals surface area contributed by atoms with E-state index in [2.05, 4.69) is 11.6 Å². The van der Waals surface area contributed by atoms with Crippen molar-refractivity contribution in [1.29, 1.82) is 0 Å². The van der Waals surface area contributed by atoms with E-state index in [4.69, 9.17) is 32.9 Å². The number of nitrogens with zero attached hydrogens (tertiary/aromatic N) is 3. The Bertz CT molecular complexity index is 1040. The number of allylic oxidation sites excluding steroid dienone is 2. The maximum Gasteiger partial charge on any atom is 0.146 e. The van der Waals surface area contributed by atoms with Crippen LogP contribution < -0.4 is 9.64 Å². The van der Waals surface area contributed by atoms with Crippen LogP contribution in [0.25, 0.3) is 10.9 Å². The van der Waals surface area contributed by atoms with Crippen LogP contribution in [0.15, 0.2) is 61.2 Å². The second-order valence-electron chi connectivity index (χ2n) is 6.39. The SMILES string of the molecule is C=C(C)N(/C=C\C)c1cc(C)nc2c(OCc3c(Cl)cncc3Cl)cccc12. The number of hydrogen-bond acceptors (Lipinski definition) is 4. The van der Waals surface area contributed by atoms with Gasteiger partial charge in [-0.25, -0.2) is 4.98 Å². The number of fused-ring (bicyclic) bond motifs is 1. The summed E-state index contributed by atoms with van der Waals surface area (Å²) in [7, 11) is 0. The van der Waals surface area contributed by atoms with Crippen LogP contribution >= 0.6 is 23.2 Å². The van der Waals surface area contributed by atoms with Crippen LogP contribution in [0.2, 0.25) is 10.0 Å². The fraction of sp³-hybridized carbons (Fsp3) is 0.182. The van der Waals surface area contributed by atoms with Crippen molar-refractivity contribution in [3.05, 3.63) is 82.5 Å². The maximum atomic E-state index is 6.21. The Hall–Kier alpha value is -2.56. The molecule has 0 atom stereocenters. The van der Waals surface area contributed by atoms with Crippen molar-refractivity contribution in [3.63, 3.8) is 0 Å². The number of anilines is 1. The number of para-hydroxylation sites is 1. The Balaban J connectivity index is 2.07. The molecule has 0 bridgehead atoms. The number of benzene rings is 1. The van der Waals surface area contributed by atoms with E-state index in [9.17, 15) is 0 Å². The summed E-state index contributed by atoms with van der Waals surface area (Å²) in [6.45, 7) is 10.2. The summed E-state index contributed by atoms with van der Waals surface area (Å²) < 4.78 is 6.06. The summed E-state index contributed by atoms with van der Waals surface area (Å²) in [5, 5.41) is 1.91. The summed E-state index contributed by atoms with van der Waals surface area (Å²) in [5.41, 5.74) is 4.26. The molecule has 2 aromatic heterocycles. The third kappa shape index (κ3) is 4.13. The quantitative estimate of drug-likeness (QED) is 0.450. The summed E-state index contributed by atoms with van der Waals surface area (Å²) in [6, 6.07) is 7.90. The number of hydrogen-bond donors (Lipinski definition) is 0. The first-order chi connectivity index (χ1) is 13.4. The van der Waals surface area contributed by atoms with Crippen molar-refractivity contribution >= 4 is 39.8 Å². The van der Waals surface area contributed by atoms with E-state index in [1.807, 2.05) is 62.2 Å². The lowest BCUT2D eigenvalue weighted by atomic mass is 10.1. The molecular formula is C22H21Cl2N3O. The van der Waals surface area contributed by atoms with Gasteiger partial charge in [0.1, 0.15) is 17.9 Å². The molecular weight excluding hydrogens is 393 g/mol. The van der Waals surface area contributed by atoms with Crippen LogP contribution in [0.4, 0.5) is 5.69 Å². The Morgan fingerprint density at radius 3 is 2.61 bits per heavy atom. The predicted octanol–water partition coefficient (Wildman–Crippen LogP) is 6.70. The van der Waals surface area contributed by atoms with Gasteiger partial charge in [-0.2, -0.15) is 0 Å². The van der Waals surface area contributed by atoms with Crippen LogP contribution in [0.5, 0.6) is 5.75 Å². The van der Waals surface area contributed by atoms with Crippen molar-refractivity contribution < 1.29 is 4.74 Å². The van der Waals surface area contributed by atoms with Crippen molar-refractivity contribution in [3.8, 4) is 5.75 Å². The lowest BCUT2D eigenvalue weighted by molar-refractivity contribution is 0.309. The Morgan fingerprint density at radius 2 is 1.96 bits per heavy atom. The van der Waals surface area contributed by atoms with Gasteiger partial charge < -0.3 is 9.64 Å². The van der Waals surface area contributed by atoms with E-state index >= 15 is 0 Å². The van der Waals surface area contributed by atoms with E-state index in [0.29, 0.717) is 21.4 Å². The van der Waals surface area contributed by atoms with Gasteiger partial charge in [0.15, 0.2) is 0 Å². The van der Waals surface area contributed by atoms with Gasteiger partial charge in [-0.3, -0.25) is 4.98 Å². The van der Waals surface area contributed by atoms with Gasteiger partial charge in [-0.1, -0.05) is 48.0 Å². The molecule has 0 aliphatic carbocycles. The molecule has 144 valence electrons. The zero-order valence-corrected chi connectivity index (χ0v) is 17.6. The summed E-state index contributed by atoms with van der Waals surface area (Å²) in [4.78, 5) is 10.7. The van der Waals surface area contributed by atoms with Gasteiger partial charge in [0, 0.05) is 40.9 Å². The lowest BCUT2D eigenvalue weighted by Gasteiger charge is -2.23. The number of rotatable bonds is 6. The Labute approximate surface area is 175 Å². The molecule has 0 saturated heterocycles. The van der Waals surface area contributed by atoms with E-state index in [0.717, 1.165) is 28.0 Å². The molecule has 28 heavy (non-hydrogen) atoms. The molecule has 0 aliphatic rings. The molecule has 0 radical (unpaired) electrons. The van der Waals surface area contributed by atoms with Crippen molar-refractivity contribution in [1.82, 2.24) is 9.97 Å². The van der Waals surface area contributed by atoms with Gasteiger partial charge >= 0.3 is 0 Å². The molecule has 0 spiro atoms. The molecule has 4 nitrogen and oxygen atoms in total. The van der Waals surface area contributed by atoms with Crippen LogP contribution in [-0.2, 0) is 6.61 Å². The number of halogens is 2. The minimum absolute atomic E-state index is 0.226. The molecule has 0 N–H and O–H groups in total. The van der Waals surface area contributed by atoms with Crippen LogP contribution in [0.3, 0.4) is 0 Å². The number of pyridine rings is 2. The highest BCUT2D eigenvalue weighted by Gasteiger charge is 2.15. The zero-order chi connectivity index (χ0) is 20.3. The molecule has 0 amide bonds. The second-order valence-corrected chi connectivity index (χ2v) is 7.21. The van der Waals surface area contributed by atoms with E-state index in [1.165, 1.54) is 0 Å². The number of aryl methyl sites for hydroxylation is 1. The smallest absolute Gasteiger partial charge is 0.146 e. The highest BCUT2D eigenvalue weighted by molar-refractivity contribution is 6.35. The minimum Gasteiger partial charge on any atom is -0.487 e. The standard InChI is InChI=1S/C22H21Cl2N3O/c1-5-9-27(14(2)3)20-10-15(4)26-22-16(20)7-6-8-21(22)28-13-17-18(23)11-25-12-19(17)24/h5-12H,2,13H2,1,3-4H3/b9-5-. The van der Waals surface area contributed by atoms with E-state index in [1.54, 1.807) is 12.4 Å². The number of aromatic nitrogens is 2. The molecule has 3 aromatic rings. The van der Waals surface area contributed by atoms with Gasteiger partial charge in [0.2, 0.25) is 0 Å². The molecule has 0 fully saturated rings.